The Morgan fingerprint density at radius 2 is 1.79 bits per heavy atom. The molecule has 1 aliphatic rings. The minimum atomic E-state index is 0.283. The summed E-state index contributed by atoms with van der Waals surface area (Å²) >= 11 is 1.64. The van der Waals surface area contributed by atoms with E-state index in [1.165, 1.54) is 16.9 Å². The van der Waals surface area contributed by atoms with Crippen molar-refractivity contribution in [2.75, 3.05) is 5.75 Å². The number of amides is 1. The minimum Gasteiger partial charge on any atom is -0.337 e. The molecule has 2 nitrogen and oxygen atoms in total. The van der Waals surface area contributed by atoms with Crippen LogP contribution in [0.5, 0.6) is 0 Å². The Balaban J connectivity index is 1.91. The van der Waals surface area contributed by atoms with Crippen LogP contribution in [0.4, 0.5) is 0 Å². The van der Waals surface area contributed by atoms with Crippen molar-refractivity contribution >= 4 is 17.7 Å². The molecule has 19 heavy (non-hydrogen) atoms. The number of nitrogens with zero attached hydrogens (tertiary/aromatic N) is 1. The average Bonchev–Trinajstić information content (AvgIpc) is 2.38. The van der Waals surface area contributed by atoms with Crippen LogP contribution < -0.4 is 0 Å². The van der Waals surface area contributed by atoms with E-state index < -0.39 is 0 Å². The van der Waals surface area contributed by atoms with Crippen molar-refractivity contribution in [1.82, 2.24) is 4.90 Å². The maximum atomic E-state index is 12.4. The summed E-state index contributed by atoms with van der Waals surface area (Å²) < 4.78 is 0. The van der Waals surface area contributed by atoms with Gasteiger partial charge in [-0.25, -0.2) is 0 Å². The Kier molecular flexibility index (Phi) is 4.92. The van der Waals surface area contributed by atoms with E-state index in [1.54, 1.807) is 11.8 Å². The fourth-order valence-electron chi connectivity index (χ4n) is 2.77. The van der Waals surface area contributed by atoms with Crippen LogP contribution in [-0.4, -0.2) is 28.6 Å². The highest BCUT2D eigenvalue weighted by atomic mass is 32.2. The molecule has 1 fully saturated rings. The molecule has 0 bridgehead atoms. The Bertz CT molecular complexity index is 419. The van der Waals surface area contributed by atoms with Crippen molar-refractivity contribution < 1.29 is 4.79 Å². The van der Waals surface area contributed by atoms with E-state index in [4.69, 9.17) is 0 Å². The first-order valence-corrected chi connectivity index (χ1v) is 8.07. The van der Waals surface area contributed by atoms with E-state index in [-0.39, 0.29) is 5.91 Å². The smallest absolute Gasteiger partial charge is 0.233 e. The summed E-state index contributed by atoms with van der Waals surface area (Å²) in [7, 11) is 0. The summed E-state index contributed by atoms with van der Waals surface area (Å²) in [6.07, 6.45) is 3.54. The molecule has 1 heterocycles. The third-order valence-electron chi connectivity index (χ3n) is 3.86. The van der Waals surface area contributed by atoms with Crippen LogP contribution >= 0.6 is 11.8 Å². The zero-order valence-corrected chi connectivity index (χ0v) is 12.9. The molecule has 2 rings (SSSR count). The highest BCUT2D eigenvalue weighted by molar-refractivity contribution is 8.00. The second kappa shape index (κ2) is 6.47. The van der Waals surface area contributed by atoms with Gasteiger partial charge >= 0.3 is 0 Å². The molecule has 0 N–H and O–H groups in total. The molecule has 3 heteroatoms. The fourth-order valence-corrected chi connectivity index (χ4v) is 3.53. The molecule has 1 amide bonds. The van der Waals surface area contributed by atoms with Crippen LogP contribution in [0.1, 0.15) is 38.7 Å². The van der Waals surface area contributed by atoms with Gasteiger partial charge in [-0.05, 0) is 52.2 Å². The number of piperidine rings is 1. The first-order chi connectivity index (χ1) is 9.08. The number of hydrogen-bond acceptors (Lipinski definition) is 2. The second-order valence-electron chi connectivity index (χ2n) is 5.53. The van der Waals surface area contributed by atoms with Crippen LogP contribution in [0.3, 0.4) is 0 Å². The molecule has 0 unspecified atom stereocenters. The molecule has 1 saturated heterocycles. The molecule has 0 spiro atoms. The number of carbonyl (C=O) groups is 1. The third-order valence-corrected chi connectivity index (χ3v) is 4.86. The van der Waals surface area contributed by atoms with Gasteiger partial charge in [0, 0.05) is 17.0 Å². The van der Waals surface area contributed by atoms with Gasteiger partial charge in [0.05, 0.1) is 5.75 Å². The van der Waals surface area contributed by atoms with Crippen molar-refractivity contribution in [2.24, 2.45) is 0 Å². The molecule has 0 aliphatic carbocycles. The van der Waals surface area contributed by atoms with Gasteiger partial charge in [-0.1, -0.05) is 17.7 Å². The van der Waals surface area contributed by atoms with Crippen LogP contribution in [0.15, 0.2) is 29.2 Å². The summed E-state index contributed by atoms with van der Waals surface area (Å²) in [5, 5.41) is 0. The maximum Gasteiger partial charge on any atom is 0.233 e. The standard InChI is InChI=1S/C16H23NOS/c1-12-7-9-15(10-8-12)19-11-16(18)17-13(2)5-4-6-14(17)3/h7-10,13-14H,4-6,11H2,1-3H3/t13-,14+. The molecule has 1 aromatic carbocycles. The summed E-state index contributed by atoms with van der Waals surface area (Å²) in [5.74, 6) is 0.836. The fraction of sp³-hybridized carbons (Fsp3) is 0.562. The quantitative estimate of drug-likeness (QED) is 0.782. The Morgan fingerprint density at radius 1 is 1.21 bits per heavy atom. The van der Waals surface area contributed by atoms with Gasteiger partial charge < -0.3 is 4.90 Å². The van der Waals surface area contributed by atoms with Crippen molar-refractivity contribution in [3.05, 3.63) is 29.8 Å². The predicted molar refractivity (Wildman–Crippen MR) is 81.5 cm³/mol. The topological polar surface area (TPSA) is 20.3 Å². The van der Waals surface area contributed by atoms with E-state index in [9.17, 15) is 4.79 Å². The number of benzene rings is 1. The Hall–Kier alpha value is -0.960. The summed E-state index contributed by atoms with van der Waals surface area (Å²) in [6.45, 7) is 6.42. The molecule has 104 valence electrons. The lowest BCUT2D eigenvalue weighted by molar-refractivity contribution is -0.134. The summed E-state index contributed by atoms with van der Waals surface area (Å²) in [6, 6.07) is 9.18. The minimum absolute atomic E-state index is 0.283. The number of aryl methyl sites for hydroxylation is 1. The number of rotatable bonds is 3. The van der Waals surface area contributed by atoms with Gasteiger partial charge in [-0.15, -0.1) is 11.8 Å². The molecule has 2 atom stereocenters. The first-order valence-electron chi connectivity index (χ1n) is 7.08. The van der Waals surface area contributed by atoms with Crippen LogP contribution in [0.25, 0.3) is 0 Å². The third kappa shape index (κ3) is 3.75. The van der Waals surface area contributed by atoms with Crippen molar-refractivity contribution in [3.63, 3.8) is 0 Å². The highest BCUT2D eigenvalue weighted by Gasteiger charge is 2.28. The van der Waals surface area contributed by atoms with E-state index in [2.05, 4.69) is 49.9 Å². The second-order valence-corrected chi connectivity index (χ2v) is 6.58. The van der Waals surface area contributed by atoms with Gasteiger partial charge in [0.1, 0.15) is 0 Å². The number of thioether (sulfide) groups is 1. The molecule has 1 aromatic rings. The molecular weight excluding hydrogens is 254 g/mol. The molecule has 0 saturated carbocycles. The van der Waals surface area contributed by atoms with E-state index in [0.717, 1.165) is 12.8 Å². The summed E-state index contributed by atoms with van der Waals surface area (Å²) in [5.41, 5.74) is 1.26. The monoisotopic (exact) mass is 277 g/mol. The SMILES string of the molecule is Cc1ccc(SCC(=O)N2[C@H](C)CCC[C@@H]2C)cc1. The molecule has 0 radical (unpaired) electrons. The van der Waals surface area contributed by atoms with Crippen LogP contribution in [0, 0.1) is 6.92 Å². The van der Waals surface area contributed by atoms with Gasteiger partial charge in [-0.2, -0.15) is 0 Å². The average molecular weight is 277 g/mol. The highest BCUT2D eigenvalue weighted by Crippen LogP contribution is 2.25. The molecule has 1 aliphatic heterocycles. The normalized spacial score (nSPS) is 23.4. The number of hydrogen-bond donors (Lipinski definition) is 0. The predicted octanol–water partition coefficient (Wildman–Crippen LogP) is 3.88. The largest absolute Gasteiger partial charge is 0.337 e. The first kappa shape index (κ1) is 14.4. The van der Waals surface area contributed by atoms with Crippen LogP contribution in [-0.2, 0) is 4.79 Å². The number of carbonyl (C=O) groups excluding carboxylic acids is 1. The number of likely N-dealkylation sites (tertiary alicyclic amines) is 1. The Morgan fingerprint density at radius 3 is 2.37 bits per heavy atom. The van der Waals surface area contributed by atoms with Crippen molar-refractivity contribution in [1.29, 1.82) is 0 Å². The zero-order chi connectivity index (χ0) is 13.8. The van der Waals surface area contributed by atoms with Crippen molar-refractivity contribution in [3.8, 4) is 0 Å². The lowest BCUT2D eigenvalue weighted by Gasteiger charge is -2.39. The zero-order valence-electron chi connectivity index (χ0n) is 12.1. The van der Waals surface area contributed by atoms with Gasteiger partial charge in [0.25, 0.3) is 0 Å². The van der Waals surface area contributed by atoms with Gasteiger partial charge in [0.2, 0.25) is 5.91 Å². The van der Waals surface area contributed by atoms with E-state index in [1.807, 2.05) is 0 Å². The van der Waals surface area contributed by atoms with Gasteiger partial charge in [-0.3, -0.25) is 4.79 Å². The molecule has 0 aromatic heterocycles. The maximum absolute atomic E-state index is 12.4. The van der Waals surface area contributed by atoms with Crippen molar-refractivity contribution in [2.45, 2.75) is 57.0 Å². The van der Waals surface area contributed by atoms with E-state index >= 15 is 0 Å². The Labute approximate surface area is 120 Å². The lowest BCUT2D eigenvalue weighted by atomic mass is 9.98. The molecular formula is C16H23NOS. The van der Waals surface area contributed by atoms with Crippen LogP contribution in [0.2, 0.25) is 0 Å². The van der Waals surface area contributed by atoms with Gasteiger partial charge in [0.15, 0.2) is 0 Å². The van der Waals surface area contributed by atoms with E-state index in [0.29, 0.717) is 17.8 Å². The lowest BCUT2D eigenvalue weighted by Crippen LogP contribution is -2.48. The summed E-state index contributed by atoms with van der Waals surface area (Å²) in [4.78, 5) is 15.6.